The Hall–Kier alpha value is -0.770. The minimum Gasteiger partial charge on any atom is -0.399 e. The minimum atomic E-state index is 0. The number of hydrogen-bond donors (Lipinski definition) is 1. The highest BCUT2D eigenvalue weighted by Crippen LogP contribution is 2.13. The fourth-order valence-corrected chi connectivity index (χ4v) is 1.92. The Balaban J connectivity index is 0.00000128. The first-order valence-electron chi connectivity index (χ1n) is 5.42. The Morgan fingerprint density at radius 3 is 3.00 bits per heavy atom. The molecule has 0 spiro atoms. The van der Waals surface area contributed by atoms with Gasteiger partial charge in [-0.15, -0.1) is 12.4 Å². The summed E-state index contributed by atoms with van der Waals surface area (Å²) in [5, 5.41) is 0. The van der Waals surface area contributed by atoms with Gasteiger partial charge >= 0.3 is 0 Å². The average Bonchev–Trinajstić information content (AvgIpc) is 2.22. The summed E-state index contributed by atoms with van der Waals surface area (Å²) >= 11 is 0. The van der Waals surface area contributed by atoms with Crippen LogP contribution in [0.25, 0.3) is 0 Å². The molecule has 3 nitrogen and oxygen atoms in total. The van der Waals surface area contributed by atoms with E-state index in [1.165, 1.54) is 5.56 Å². The van der Waals surface area contributed by atoms with Crippen LogP contribution in [-0.4, -0.2) is 30.7 Å². The minimum absolute atomic E-state index is 0. The van der Waals surface area contributed by atoms with Crippen LogP contribution >= 0.6 is 12.4 Å². The van der Waals surface area contributed by atoms with Gasteiger partial charge in [0.05, 0.1) is 13.2 Å². The molecule has 1 saturated heterocycles. The number of hydrogen-bond acceptors (Lipinski definition) is 3. The molecule has 1 fully saturated rings. The summed E-state index contributed by atoms with van der Waals surface area (Å²) in [4.78, 5) is 2.43. The molecule has 0 radical (unpaired) electrons. The second kappa shape index (κ2) is 6.09. The normalized spacial score (nSPS) is 21.4. The number of anilines is 1. The van der Waals surface area contributed by atoms with E-state index < -0.39 is 0 Å². The van der Waals surface area contributed by atoms with Crippen LogP contribution in [-0.2, 0) is 11.3 Å². The molecule has 1 atom stereocenters. The molecule has 2 N–H and O–H groups in total. The zero-order valence-corrected chi connectivity index (χ0v) is 10.4. The molecular formula is C12H19ClN2O. The van der Waals surface area contributed by atoms with Crippen LogP contribution in [0.2, 0.25) is 0 Å². The lowest BCUT2D eigenvalue weighted by atomic mass is 10.1. The monoisotopic (exact) mass is 242 g/mol. The van der Waals surface area contributed by atoms with Crippen molar-refractivity contribution in [2.75, 3.05) is 25.5 Å². The molecule has 16 heavy (non-hydrogen) atoms. The SMILES string of the molecule is CC1COCCN1Cc1cccc(N)c1.Cl. The number of morpholine rings is 1. The number of ether oxygens (including phenoxy) is 1. The third-order valence-electron chi connectivity index (χ3n) is 2.84. The van der Waals surface area contributed by atoms with Crippen molar-refractivity contribution >= 4 is 18.1 Å². The molecule has 1 aliphatic heterocycles. The molecule has 1 unspecified atom stereocenters. The third-order valence-corrected chi connectivity index (χ3v) is 2.84. The van der Waals surface area contributed by atoms with Crippen LogP contribution in [0.15, 0.2) is 24.3 Å². The average molecular weight is 243 g/mol. The summed E-state index contributed by atoms with van der Waals surface area (Å²) in [6, 6.07) is 8.60. The smallest absolute Gasteiger partial charge is 0.0619 e. The van der Waals surface area contributed by atoms with Gasteiger partial charge in [0, 0.05) is 24.8 Å². The third kappa shape index (κ3) is 3.37. The quantitative estimate of drug-likeness (QED) is 0.806. The van der Waals surface area contributed by atoms with Gasteiger partial charge < -0.3 is 10.5 Å². The lowest BCUT2D eigenvalue weighted by Gasteiger charge is -2.33. The molecular weight excluding hydrogens is 224 g/mol. The van der Waals surface area contributed by atoms with Gasteiger partial charge in [0.2, 0.25) is 0 Å². The van der Waals surface area contributed by atoms with Crippen LogP contribution in [0, 0.1) is 0 Å². The van der Waals surface area contributed by atoms with Crippen LogP contribution in [0.4, 0.5) is 5.69 Å². The van der Waals surface area contributed by atoms with Crippen molar-refractivity contribution in [2.24, 2.45) is 0 Å². The molecule has 0 bridgehead atoms. The summed E-state index contributed by atoms with van der Waals surface area (Å²) in [5.41, 5.74) is 7.88. The van der Waals surface area contributed by atoms with Gasteiger partial charge in [0.1, 0.15) is 0 Å². The predicted octanol–water partition coefficient (Wildman–Crippen LogP) is 1.91. The summed E-state index contributed by atoms with van der Waals surface area (Å²) in [7, 11) is 0. The van der Waals surface area contributed by atoms with E-state index in [1.54, 1.807) is 0 Å². The largest absolute Gasteiger partial charge is 0.399 e. The second-order valence-electron chi connectivity index (χ2n) is 4.14. The number of nitrogen functional groups attached to an aromatic ring is 1. The zero-order valence-electron chi connectivity index (χ0n) is 9.56. The standard InChI is InChI=1S/C12H18N2O.ClH/c1-10-9-15-6-5-14(10)8-11-3-2-4-12(13)7-11;/h2-4,7,10H,5-6,8-9,13H2,1H3;1H. The zero-order chi connectivity index (χ0) is 10.7. The predicted molar refractivity (Wildman–Crippen MR) is 68.8 cm³/mol. The van der Waals surface area contributed by atoms with Gasteiger partial charge in [-0.1, -0.05) is 12.1 Å². The van der Waals surface area contributed by atoms with Crippen molar-refractivity contribution in [1.82, 2.24) is 4.90 Å². The van der Waals surface area contributed by atoms with Crippen LogP contribution < -0.4 is 5.73 Å². The first kappa shape index (κ1) is 13.3. The van der Waals surface area contributed by atoms with Gasteiger partial charge in [0.15, 0.2) is 0 Å². The molecule has 0 aliphatic carbocycles. The first-order chi connectivity index (χ1) is 7.25. The Kier molecular flexibility index (Phi) is 5.06. The number of benzene rings is 1. The van der Waals surface area contributed by atoms with E-state index in [2.05, 4.69) is 17.9 Å². The van der Waals surface area contributed by atoms with Gasteiger partial charge in [-0.3, -0.25) is 4.90 Å². The number of halogens is 1. The molecule has 90 valence electrons. The van der Waals surface area contributed by atoms with Crippen LogP contribution in [0.1, 0.15) is 12.5 Å². The molecule has 2 rings (SSSR count). The van der Waals surface area contributed by atoms with E-state index in [4.69, 9.17) is 10.5 Å². The lowest BCUT2D eigenvalue weighted by Crippen LogP contribution is -2.42. The molecule has 0 aromatic heterocycles. The number of nitrogens with zero attached hydrogens (tertiary/aromatic N) is 1. The van der Waals surface area contributed by atoms with Crippen molar-refractivity contribution in [3.8, 4) is 0 Å². The Labute approximate surface area is 103 Å². The van der Waals surface area contributed by atoms with Gasteiger partial charge in [-0.05, 0) is 24.6 Å². The van der Waals surface area contributed by atoms with Gasteiger partial charge in [-0.2, -0.15) is 0 Å². The molecule has 4 heteroatoms. The Morgan fingerprint density at radius 1 is 1.50 bits per heavy atom. The van der Waals surface area contributed by atoms with Crippen molar-refractivity contribution in [1.29, 1.82) is 0 Å². The van der Waals surface area contributed by atoms with E-state index in [1.807, 2.05) is 18.2 Å². The van der Waals surface area contributed by atoms with Gasteiger partial charge in [-0.25, -0.2) is 0 Å². The molecule has 0 saturated carbocycles. The maximum atomic E-state index is 5.76. The molecule has 1 aromatic carbocycles. The number of nitrogens with two attached hydrogens (primary N) is 1. The molecule has 1 aromatic rings. The topological polar surface area (TPSA) is 38.5 Å². The maximum Gasteiger partial charge on any atom is 0.0619 e. The lowest BCUT2D eigenvalue weighted by molar-refractivity contribution is -0.00436. The maximum absolute atomic E-state index is 5.76. The van der Waals surface area contributed by atoms with E-state index in [0.717, 1.165) is 32.0 Å². The summed E-state index contributed by atoms with van der Waals surface area (Å²) in [6.07, 6.45) is 0. The van der Waals surface area contributed by atoms with Crippen LogP contribution in [0.5, 0.6) is 0 Å². The number of rotatable bonds is 2. The molecule has 0 amide bonds. The molecule has 1 aliphatic rings. The summed E-state index contributed by atoms with van der Waals surface area (Å²) in [5.74, 6) is 0. The fourth-order valence-electron chi connectivity index (χ4n) is 1.92. The van der Waals surface area contributed by atoms with E-state index >= 15 is 0 Å². The highest BCUT2D eigenvalue weighted by molar-refractivity contribution is 5.85. The van der Waals surface area contributed by atoms with Crippen molar-refractivity contribution < 1.29 is 4.74 Å². The summed E-state index contributed by atoms with van der Waals surface area (Å²) < 4.78 is 5.41. The van der Waals surface area contributed by atoms with E-state index in [-0.39, 0.29) is 12.4 Å². The second-order valence-corrected chi connectivity index (χ2v) is 4.14. The van der Waals surface area contributed by atoms with E-state index in [0.29, 0.717) is 6.04 Å². The molecule has 1 heterocycles. The highest BCUT2D eigenvalue weighted by atomic mass is 35.5. The van der Waals surface area contributed by atoms with E-state index in [9.17, 15) is 0 Å². The van der Waals surface area contributed by atoms with Crippen molar-refractivity contribution in [2.45, 2.75) is 19.5 Å². The Bertz CT molecular complexity index is 333. The van der Waals surface area contributed by atoms with Gasteiger partial charge in [0.25, 0.3) is 0 Å². The highest BCUT2D eigenvalue weighted by Gasteiger charge is 2.18. The van der Waals surface area contributed by atoms with Crippen molar-refractivity contribution in [3.05, 3.63) is 29.8 Å². The van der Waals surface area contributed by atoms with Crippen molar-refractivity contribution in [3.63, 3.8) is 0 Å². The first-order valence-corrected chi connectivity index (χ1v) is 5.42. The Morgan fingerprint density at radius 2 is 2.31 bits per heavy atom. The summed E-state index contributed by atoms with van der Waals surface area (Å²) in [6.45, 7) is 5.85. The van der Waals surface area contributed by atoms with Crippen LogP contribution in [0.3, 0.4) is 0 Å². The fraction of sp³-hybridized carbons (Fsp3) is 0.500.